The Labute approximate surface area is 113 Å². The minimum Gasteiger partial charge on any atom is -0.334 e. The number of rotatable bonds is 3. The summed E-state index contributed by atoms with van der Waals surface area (Å²) in [5, 5.41) is 6.49. The van der Waals surface area contributed by atoms with E-state index in [0.717, 1.165) is 5.56 Å². The molecule has 0 aliphatic heterocycles. The first-order chi connectivity index (χ1) is 9.15. The molecule has 3 amide bonds. The molecule has 0 spiro atoms. The molecular weight excluding hydrogens is 267 g/mol. The maximum Gasteiger partial charge on any atom is 0.322 e. The Morgan fingerprint density at radius 3 is 2.53 bits per heavy atom. The molecule has 0 aliphatic rings. The van der Waals surface area contributed by atoms with E-state index in [4.69, 9.17) is 0 Å². The first-order valence-corrected chi connectivity index (χ1v) is 6.40. The van der Waals surface area contributed by atoms with Gasteiger partial charge in [0, 0.05) is 6.54 Å². The molecule has 2 rings (SSSR count). The van der Waals surface area contributed by atoms with E-state index in [1.807, 2.05) is 0 Å². The summed E-state index contributed by atoms with van der Waals surface area (Å²) in [5.41, 5.74) is 0.750. The van der Waals surface area contributed by atoms with E-state index in [-0.39, 0.29) is 12.4 Å². The summed E-state index contributed by atoms with van der Waals surface area (Å²) in [6.45, 7) is 0.226. The first kappa shape index (κ1) is 13.2. The quantitative estimate of drug-likeness (QED) is 0.906. The number of carbonyl (C=O) groups excluding carboxylic acids is 2. The number of benzene rings is 1. The lowest BCUT2D eigenvalue weighted by Crippen LogP contribution is -2.38. The number of carbonyl (C=O) groups is 2. The highest BCUT2D eigenvalue weighted by atomic mass is 32.1. The zero-order valence-corrected chi connectivity index (χ0v) is 10.7. The van der Waals surface area contributed by atoms with Crippen LogP contribution >= 0.6 is 11.3 Å². The smallest absolute Gasteiger partial charge is 0.322 e. The Hall–Kier alpha value is -2.21. The fourth-order valence-electron chi connectivity index (χ4n) is 1.40. The number of hydrogen-bond acceptors (Lipinski definition) is 3. The largest absolute Gasteiger partial charge is 0.334 e. The fourth-order valence-corrected chi connectivity index (χ4v) is 2.02. The lowest BCUT2D eigenvalue weighted by Gasteiger charge is -2.05. The highest BCUT2D eigenvalue weighted by Gasteiger charge is 2.10. The molecule has 2 aromatic rings. The average Bonchev–Trinajstić information content (AvgIpc) is 2.92. The van der Waals surface area contributed by atoms with Crippen LogP contribution in [0.3, 0.4) is 0 Å². The lowest BCUT2D eigenvalue weighted by atomic mass is 10.2. The van der Waals surface area contributed by atoms with Crippen molar-refractivity contribution in [2.45, 2.75) is 6.54 Å². The second-order valence-electron chi connectivity index (χ2n) is 3.74. The van der Waals surface area contributed by atoms with Crippen LogP contribution in [0.5, 0.6) is 0 Å². The molecule has 2 N–H and O–H groups in total. The van der Waals surface area contributed by atoms with Gasteiger partial charge in [0.25, 0.3) is 5.91 Å². The van der Waals surface area contributed by atoms with Crippen LogP contribution in [0.1, 0.15) is 15.2 Å². The van der Waals surface area contributed by atoms with Gasteiger partial charge in [0.2, 0.25) is 0 Å². The third kappa shape index (κ3) is 3.89. The normalized spacial score (nSPS) is 9.95. The topological polar surface area (TPSA) is 58.2 Å². The monoisotopic (exact) mass is 278 g/mol. The number of nitrogens with one attached hydrogen (secondary N) is 2. The number of thiophene rings is 1. The molecule has 0 unspecified atom stereocenters. The predicted octanol–water partition coefficient (Wildman–Crippen LogP) is 2.53. The number of halogens is 1. The van der Waals surface area contributed by atoms with Crippen LogP contribution in [-0.2, 0) is 6.54 Å². The summed E-state index contributed by atoms with van der Waals surface area (Å²) < 4.78 is 12.7. The third-order valence-corrected chi connectivity index (χ3v) is 3.21. The van der Waals surface area contributed by atoms with E-state index in [2.05, 4.69) is 10.6 Å². The molecule has 0 radical (unpaired) electrons. The van der Waals surface area contributed by atoms with Gasteiger partial charge in [-0.05, 0) is 29.1 Å². The highest BCUT2D eigenvalue weighted by Crippen LogP contribution is 2.07. The van der Waals surface area contributed by atoms with E-state index in [9.17, 15) is 14.0 Å². The minimum atomic E-state index is -0.581. The first-order valence-electron chi connectivity index (χ1n) is 5.52. The molecule has 4 nitrogen and oxygen atoms in total. The Morgan fingerprint density at radius 1 is 1.16 bits per heavy atom. The van der Waals surface area contributed by atoms with Gasteiger partial charge >= 0.3 is 6.03 Å². The van der Waals surface area contributed by atoms with E-state index in [1.165, 1.54) is 23.5 Å². The standard InChI is InChI=1S/C13H11FN2O2S/c14-10-5-3-9(4-6-10)8-15-13(18)16-12(17)11-2-1-7-19-11/h1-7H,8H2,(H2,15,16,17,18). The van der Waals surface area contributed by atoms with Gasteiger partial charge in [-0.2, -0.15) is 0 Å². The summed E-state index contributed by atoms with van der Waals surface area (Å²) >= 11 is 1.26. The van der Waals surface area contributed by atoms with Crippen molar-refractivity contribution in [1.82, 2.24) is 10.6 Å². The van der Waals surface area contributed by atoms with Gasteiger partial charge in [-0.25, -0.2) is 9.18 Å². The van der Waals surface area contributed by atoms with Gasteiger partial charge in [-0.1, -0.05) is 18.2 Å². The van der Waals surface area contributed by atoms with E-state index in [1.54, 1.807) is 29.6 Å². The summed E-state index contributed by atoms with van der Waals surface area (Å²) in [5.74, 6) is -0.771. The van der Waals surface area contributed by atoms with Crippen molar-refractivity contribution in [3.8, 4) is 0 Å². The Kier molecular flexibility index (Phi) is 4.25. The van der Waals surface area contributed by atoms with Gasteiger partial charge < -0.3 is 5.32 Å². The van der Waals surface area contributed by atoms with Crippen LogP contribution in [0.4, 0.5) is 9.18 Å². The molecule has 19 heavy (non-hydrogen) atoms. The molecule has 0 saturated heterocycles. The minimum absolute atomic E-state index is 0.226. The summed E-state index contributed by atoms with van der Waals surface area (Å²) in [4.78, 5) is 23.5. The zero-order valence-electron chi connectivity index (χ0n) is 9.85. The Morgan fingerprint density at radius 2 is 1.89 bits per heavy atom. The highest BCUT2D eigenvalue weighted by molar-refractivity contribution is 7.12. The van der Waals surface area contributed by atoms with Crippen molar-refractivity contribution in [3.05, 3.63) is 58.0 Å². The lowest BCUT2D eigenvalue weighted by molar-refractivity contribution is 0.0968. The van der Waals surface area contributed by atoms with Crippen molar-refractivity contribution >= 4 is 23.3 Å². The maximum atomic E-state index is 12.7. The number of imide groups is 1. The second kappa shape index (κ2) is 6.10. The second-order valence-corrected chi connectivity index (χ2v) is 4.69. The van der Waals surface area contributed by atoms with Gasteiger partial charge in [0.1, 0.15) is 5.82 Å². The average molecular weight is 278 g/mol. The van der Waals surface area contributed by atoms with Crippen molar-refractivity contribution in [2.24, 2.45) is 0 Å². The molecule has 1 aromatic carbocycles. The summed E-state index contributed by atoms with van der Waals surface area (Å²) in [6, 6.07) is 8.54. The number of hydrogen-bond donors (Lipinski definition) is 2. The van der Waals surface area contributed by atoms with Crippen LogP contribution in [0.25, 0.3) is 0 Å². The molecule has 6 heteroatoms. The maximum absolute atomic E-state index is 12.7. The molecule has 0 aliphatic carbocycles. The Balaban J connectivity index is 1.82. The molecule has 1 aromatic heterocycles. The SMILES string of the molecule is O=C(NCc1ccc(F)cc1)NC(=O)c1cccs1. The number of amides is 3. The van der Waals surface area contributed by atoms with Crippen LogP contribution in [0.2, 0.25) is 0 Å². The van der Waals surface area contributed by atoms with Gasteiger partial charge in [0.05, 0.1) is 4.88 Å². The van der Waals surface area contributed by atoms with E-state index in [0.29, 0.717) is 4.88 Å². The van der Waals surface area contributed by atoms with Crippen molar-refractivity contribution in [3.63, 3.8) is 0 Å². The van der Waals surface area contributed by atoms with Crippen LogP contribution in [0.15, 0.2) is 41.8 Å². The molecule has 0 atom stereocenters. The molecule has 0 bridgehead atoms. The Bertz CT molecular complexity index is 567. The summed E-state index contributed by atoms with van der Waals surface area (Å²) in [6.07, 6.45) is 0. The van der Waals surface area contributed by atoms with Crippen molar-refractivity contribution in [2.75, 3.05) is 0 Å². The summed E-state index contributed by atoms with van der Waals surface area (Å²) in [7, 11) is 0. The van der Waals surface area contributed by atoms with Gasteiger partial charge in [-0.15, -0.1) is 11.3 Å². The van der Waals surface area contributed by atoms with Crippen molar-refractivity contribution in [1.29, 1.82) is 0 Å². The van der Waals surface area contributed by atoms with Gasteiger partial charge in [0.15, 0.2) is 0 Å². The van der Waals surface area contributed by atoms with Crippen LogP contribution in [-0.4, -0.2) is 11.9 Å². The predicted molar refractivity (Wildman–Crippen MR) is 70.4 cm³/mol. The molecular formula is C13H11FN2O2S. The molecule has 0 saturated carbocycles. The molecule has 1 heterocycles. The third-order valence-electron chi connectivity index (χ3n) is 2.34. The van der Waals surface area contributed by atoms with Crippen molar-refractivity contribution < 1.29 is 14.0 Å². The molecule has 0 fully saturated rings. The fraction of sp³-hybridized carbons (Fsp3) is 0.0769. The number of urea groups is 1. The van der Waals surface area contributed by atoms with Crippen LogP contribution in [0, 0.1) is 5.82 Å². The van der Waals surface area contributed by atoms with Gasteiger partial charge in [-0.3, -0.25) is 10.1 Å². The molecule has 98 valence electrons. The zero-order chi connectivity index (χ0) is 13.7. The van der Waals surface area contributed by atoms with E-state index >= 15 is 0 Å². The van der Waals surface area contributed by atoms with Crippen LogP contribution < -0.4 is 10.6 Å². The van der Waals surface area contributed by atoms with E-state index < -0.39 is 11.9 Å².